The number of likely N-dealkylation sites (tertiary alicyclic amines) is 1. The number of aliphatic hydroxyl groups excluding tert-OH is 1. The molecular formula is C33H54N2O6. The van der Waals surface area contributed by atoms with Gasteiger partial charge in [-0.15, -0.1) is 13.2 Å². The van der Waals surface area contributed by atoms with Crippen LogP contribution in [0.4, 0.5) is 0 Å². The van der Waals surface area contributed by atoms with Crippen LogP contribution < -0.4 is 0 Å². The first kappa shape index (κ1) is 33.3. The molecule has 41 heavy (non-hydrogen) atoms. The van der Waals surface area contributed by atoms with Gasteiger partial charge in [-0.25, -0.2) is 0 Å². The van der Waals surface area contributed by atoms with Gasteiger partial charge in [0.05, 0.1) is 18.1 Å². The van der Waals surface area contributed by atoms with Gasteiger partial charge in [0.15, 0.2) is 0 Å². The molecule has 1 N–H and O–H groups in total. The van der Waals surface area contributed by atoms with Crippen molar-refractivity contribution in [3.63, 3.8) is 0 Å². The summed E-state index contributed by atoms with van der Waals surface area (Å²) in [5.41, 5.74) is -2.46. The summed E-state index contributed by atoms with van der Waals surface area (Å²) in [7, 11) is 0. The summed E-state index contributed by atoms with van der Waals surface area (Å²) in [6.45, 7) is 21.2. The zero-order chi connectivity index (χ0) is 30.6. The lowest BCUT2D eigenvalue weighted by atomic mass is 9.65. The van der Waals surface area contributed by atoms with Gasteiger partial charge in [0, 0.05) is 25.2 Å². The molecule has 0 aromatic carbocycles. The molecule has 232 valence electrons. The number of fused-ring (bicyclic) bond motifs is 1. The van der Waals surface area contributed by atoms with Crippen molar-refractivity contribution in [3.8, 4) is 0 Å². The number of nitrogens with zero attached hydrogens (tertiary/aromatic N) is 2. The number of allylic oxidation sites excluding steroid dienone is 1. The van der Waals surface area contributed by atoms with Crippen LogP contribution in [0.3, 0.4) is 0 Å². The van der Waals surface area contributed by atoms with E-state index < -0.39 is 40.6 Å². The predicted octanol–water partition coefficient (Wildman–Crippen LogP) is 5.04. The Hall–Kier alpha value is -2.19. The first-order valence-corrected chi connectivity index (χ1v) is 15.6. The Kier molecular flexibility index (Phi) is 10.6. The third-order valence-corrected chi connectivity index (χ3v) is 9.29. The van der Waals surface area contributed by atoms with Crippen LogP contribution in [0.15, 0.2) is 25.3 Å². The minimum Gasteiger partial charge on any atom is -0.465 e. The van der Waals surface area contributed by atoms with Crippen LogP contribution in [0.1, 0.15) is 99.3 Å². The summed E-state index contributed by atoms with van der Waals surface area (Å²) in [6, 6.07) is -0.850. The maximum atomic E-state index is 14.8. The molecule has 2 amide bonds. The molecular weight excluding hydrogens is 520 g/mol. The normalized spacial score (nSPS) is 29.0. The second-order valence-electron chi connectivity index (χ2n) is 14.0. The Morgan fingerprint density at radius 2 is 1.83 bits per heavy atom. The van der Waals surface area contributed by atoms with Crippen LogP contribution in [-0.4, -0.2) is 81.8 Å². The summed E-state index contributed by atoms with van der Waals surface area (Å²) >= 11 is 0. The zero-order valence-corrected chi connectivity index (χ0v) is 26.4. The Morgan fingerprint density at radius 1 is 1.12 bits per heavy atom. The fourth-order valence-corrected chi connectivity index (χ4v) is 7.95. The van der Waals surface area contributed by atoms with Crippen molar-refractivity contribution in [1.29, 1.82) is 0 Å². The van der Waals surface area contributed by atoms with E-state index in [0.717, 1.165) is 25.7 Å². The molecule has 0 saturated carbocycles. The van der Waals surface area contributed by atoms with Gasteiger partial charge in [0.1, 0.15) is 17.6 Å². The van der Waals surface area contributed by atoms with E-state index in [9.17, 15) is 19.5 Å². The highest BCUT2D eigenvalue weighted by atomic mass is 16.6. The zero-order valence-electron chi connectivity index (χ0n) is 26.4. The third kappa shape index (κ3) is 6.43. The molecule has 1 spiro atoms. The Labute approximate surface area is 247 Å². The number of carbonyl (C=O) groups is 3. The van der Waals surface area contributed by atoms with E-state index in [1.807, 2.05) is 17.9 Å². The molecule has 2 bridgehead atoms. The second-order valence-corrected chi connectivity index (χ2v) is 14.0. The molecule has 0 radical (unpaired) electrons. The minimum atomic E-state index is -1.09. The predicted molar refractivity (Wildman–Crippen MR) is 160 cm³/mol. The van der Waals surface area contributed by atoms with Crippen molar-refractivity contribution >= 4 is 17.8 Å². The van der Waals surface area contributed by atoms with E-state index in [1.54, 1.807) is 11.0 Å². The lowest BCUT2D eigenvalue weighted by Gasteiger charge is -2.45. The minimum absolute atomic E-state index is 0.00662. The summed E-state index contributed by atoms with van der Waals surface area (Å²) in [6.07, 6.45) is 9.56. The van der Waals surface area contributed by atoms with Crippen molar-refractivity contribution in [2.75, 3.05) is 26.3 Å². The van der Waals surface area contributed by atoms with Crippen LogP contribution in [0, 0.1) is 17.3 Å². The quantitative estimate of drug-likeness (QED) is 0.158. The first-order valence-electron chi connectivity index (χ1n) is 15.6. The highest BCUT2D eigenvalue weighted by Crippen LogP contribution is 2.64. The molecule has 3 rings (SSSR count). The van der Waals surface area contributed by atoms with Crippen LogP contribution in [0.25, 0.3) is 0 Å². The number of rotatable bonds is 16. The number of unbranched alkanes of at least 4 members (excludes halogenated alkanes) is 3. The number of hydrogen-bond acceptors (Lipinski definition) is 6. The van der Waals surface area contributed by atoms with Gasteiger partial charge in [0.25, 0.3) is 0 Å². The maximum Gasteiger partial charge on any atom is 0.312 e. The highest BCUT2D eigenvalue weighted by molar-refractivity contribution is 5.98. The average Bonchev–Trinajstić information content (AvgIpc) is 3.49. The Bertz CT molecular complexity index is 987. The van der Waals surface area contributed by atoms with Crippen LogP contribution in [-0.2, 0) is 23.9 Å². The van der Waals surface area contributed by atoms with E-state index in [1.165, 1.54) is 0 Å². The maximum absolute atomic E-state index is 14.8. The van der Waals surface area contributed by atoms with Crippen LogP contribution in [0.2, 0.25) is 0 Å². The smallest absolute Gasteiger partial charge is 0.312 e. The standard InChI is InChI=1S/C33H54N2O6/c1-9-12-13-16-22-40-29(39)25-24-27(37)34(20-14-15-21-36)26(33(24)18-17-32(25,11-3)41-33)28(38)35(19-10-2)31(7,8)23-30(4,5)6/h9-10,24-26,36H,1-2,11-23H2,3-8H3/t24-,25-,26?,32+,33?/m0/s1. The molecule has 8 nitrogen and oxygen atoms in total. The summed E-state index contributed by atoms with van der Waals surface area (Å²) in [5, 5.41) is 9.46. The number of aliphatic hydroxyl groups is 1. The molecule has 3 heterocycles. The van der Waals surface area contributed by atoms with E-state index in [0.29, 0.717) is 45.2 Å². The van der Waals surface area contributed by atoms with E-state index in [-0.39, 0.29) is 30.4 Å². The number of carbonyl (C=O) groups excluding carboxylic acids is 3. The largest absolute Gasteiger partial charge is 0.465 e. The van der Waals surface area contributed by atoms with Crippen molar-refractivity contribution in [3.05, 3.63) is 25.3 Å². The van der Waals surface area contributed by atoms with Gasteiger partial charge in [-0.3, -0.25) is 14.4 Å². The van der Waals surface area contributed by atoms with Gasteiger partial charge in [-0.2, -0.15) is 0 Å². The van der Waals surface area contributed by atoms with E-state index >= 15 is 0 Å². The van der Waals surface area contributed by atoms with Gasteiger partial charge in [-0.05, 0) is 77.0 Å². The fourth-order valence-electron chi connectivity index (χ4n) is 7.95. The fraction of sp³-hybridized carbons (Fsp3) is 0.788. The molecule has 3 aliphatic heterocycles. The second kappa shape index (κ2) is 13.0. The van der Waals surface area contributed by atoms with E-state index in [4.69, 9.17) is 9.47 Å². The number of hydrogen-bond donors (Lipinski definition) is 1. The molecule has 3 saturated heterocycles. The monoisotopic (exact) mass is 574 g/mol. The number of esters is 1. The van der Waals surface area contributed by atoms with Gasteiger partial charge < -0.3 is 24.4 Å². The lowest BCUT2D eigenvalue weighted by Crippen LogP contribution is -2.61. The summed E-state index contributed by atoms with van der Waals surface area (Å²) in [4.78, 5) is 46.2. The van der Waals surface area contributed by atoms with Gasteiger partial charge in [-0.1, -0.05) is 39.8 Å². The van der Waals surface area contributed by atoms with Crippen molar-refractivity contribution in [2.24, 2.45) is 17.3 Å². The highest BCUT2D eigenvalue weighted by Gasteiger charge is 2.79. The molecule has 3 fully saturated rings. The van der Waals surface area contributed by atoms with E-state index in [2.05, 4.69) is 47.8 Å². The lowest BCUT2D eigenvalue weighted by molar-refractivity contribution is -0.163. The Morgan fingerprint density at radius 3 is 2.41 bits per heavy atom. The topological polar surface area (TPSA) is 96.4 Å². The molecule has 0 aromatic rings. The first-order chi connectivity index (χ1) is 19.2. The van der Waals surface area contributed by atoms with Gasteiger partial charge >= 0.3 is 5.97 Å². The third-order valence-electron chi connectivity index (χ3n) is 9.29. The molecule has 0 aromatic heterocycles. The molecule has 5 atom stereocenters. The van der Waals surface area contributed by atoms with Crippen LogP contribution >= 0.6 is 0 Å². The van der Waals surface area contributed by atoms with Crippen molar-refractivity contribution in [2.45, 2.75) is 122 Å². The SMILES string of the molecule is C=CCCCCOC(=O)[C@@H]1[C@H]2C(=O)N(CCCCO)C(C(=O)N(CC=C)C(C)(C)CC(C)(C)C)C23CC[C@@]1(CC)O3. The molecule has 3 aliphatic rings. The summed E-state index contributed by atoms with van der Waals surface area (Å²) < 4.78 is 12.6. The molecule has 8 heteroatoms. The Balaban J connectivity index is 2.03. The number of ether oxygens (including phenoxy) is 2. The van der Waals surface area contributed by atoms with Crippen LogP contribution in [0.5, 0.6) is 0 Å². The van der Waals surface area contributed by atoms with Gasteiger partial charge in [0.2, 0.25) is 11.8 Å². The van der Waals surface area contributed by atoms with Crippen molar-refractivity contribution in [1.82, 2.24) is 9.80 Å². The number of amides is 2. The summed E-state index contributed by atoms with van der Waals surface area (Å²) in [5.74, 6) is -2.29. The van der Waals surface area contributed by atoms with Crippen molar-refractivity contribution < 1.29 is 29.0 Å². The molecule has 2 unspecified atom stereocenters. The molecule has 0 aliphatic carbocycles. The average molecular weight is 575 g/mol.